The van der Waals surface area contributed by atoms with Crippen LogP contribution in [0, 0.1) is 25.6 Å². The molecule has 0 unspecified atom stereocenters. The van der Waals surface area contributed by atoms with Gasteiger partial charge in [0.15, 0.2) is 5.58 Å². The van der Waals surface area contributed by atoms with Crippen molar-refractivity contribution in [2.75, 3.05) is 13.1 Å². The fourth-order valence-corrected chi connectivity index (χ4v) is 5.06. The van der Waals surface area contributed by atoms with Crippen LogP contribution in [0.4, 0.5) is 17.6 Å². The Balaban J connectivity index is 1.65. The van der Waals surface area contributed by atoms with Gasteiger partial charge in [-0.05, 0) is 92.3 Å². The van der Waals surface area contributed by atoms with Gasteiger partial charge in [0.05, 0.1) is 29.6 Å². The second-order valence-corrected chi connectivity index (χ2v) is 10.9. The number of quaternary nitrogens is 1. The number of ether oxygens (including phenoxy) is 2. The number of alkyl halides is 3. The van der Waals surface area contributed by atoms with Gasteiger partial charge < -0.3 is 18.8 Å². The quantitative estimate of drug-likeness (QED) is 0.162. The summed E-state index contributed by atoms with van der Waals surface area (Å²) in [5.74, 6) is -3.39. The van der Waals surface area contributed by atoms with Gasteiger partial charge in [-0.2, -0.15) is 13.2 Å². The average Bonchev–Trinajstić information content (AvgIpc) is 2.94. The number of rotatable bonds is 6. The second-order valence-electron chi connectivity index (χ2n) is 10.9. The highest BCUT2D eigenvalue weighted by atomic mass is 19.4. The second kappa shape index (κ2) is 11.6. The molecule has 220 valence electrons. The third kappa shape index (κ3) is 6.18. The van der Waals surface area contributed by atoms with Crippen LogP contribution in [0.2, 0.25) is 0 Å². The number of nitrogens with one attached hydrogen (secondary N) is 1. The standard InChI is InChI=1S/C32H29F4NO5/c1-18-12-14-37(15-13-18)17-25-26(41-31(39)21-5-7-22(33)8-6-21)11-10-24-27(38)29(30(32(34,35)36)42-28(24)25)40-23-9-4-19(2)20(3)16-23/h4-11,16,18H,12-15,17H2,1-3H3/p+1. The molecule has 0 atom stereocenters. The number of aryl methyl sites for hydroxylation is 2. The lowest BCUT2D eigenvalue weighted by molar-refractivity contribution is -0.919. The Morgan fingerprint density at radius 1 is 1.00 bits per heavy atom. The average molecular weight is 585 g/mol. The fourth-order valence-electron chi connectivity index (χ4n) is 5.06. The Hall–Kier alpha value is -4.18. The molecule has 2 heterocycles. The lowest BCUT2D eigenvalue weighted by Gasteiger charge is -2.28. The predicted molar refractivity (Wildman–Crippen MR) is 148 cm³/mol. The number of benzene rings is 3. The van der Waals surface area contributed by atoms with E-state index >= 15 is 0 Å². The molecule has 1 aliphatic heterocycles. The Morgan fingerprint density at radius 2 is 1.69 bits per heavy atom. The fraction of sp³-hybridized carbons (Fsp3) is 0.312. The van der Waals surface area contributed by atoms with Crippen LogP contribution < -0.4 is 19.8 Å². The highest BCUT2D eigenvalue weighted by Gasteiger charge is 2.41. The smallest absolute Gasteiger partial charge is 0.449 e. The van der Waals surface area contributed by atoms with Crippen molar-refractivity contribution >= 4 is 16.9 Å². The van der Waals surface area contributed by atoms with E-state index in [1.807, 2.05) is 6.92 Å². The summed E-state index contributed by atoms with van der Waals surface area (Å²) in [5.41, 5.74) is 0.576. The van der Waals surface area contributed by atoms with E-state index in [0.29, 0.717) is 5.92 Å². The van der Waals surface area contributed by atoms with Gasteiger partial charge in [0.2, 0.25) is 11.2 Å². The molecule has 1 aliphatic rings. The van der Waals surface area contributed by atoms with Gasteiger partial charge in [-0.1, -0.05) is 13.0 Å². The van der Waals surface area contributed by atoms with Crippen molar-refractivity contribution in [3.8, 4) is 17.2 Å². The molecule has 42 heavy (non-hydrogen) atoms. The molecule has 0 radical (unpaired) electrons. The zero-order valence-electron chi connectivity index (χ0n) is 23.4. The van der Waals surface area contributed by atoms with Crippen LogP contribution in [0.15, 0.2) is 63.8 Å². The SMILES string of the molecule is Cc1ccc(Oc2c(C(F)(F)F)oc3c(C[NH+]4CCC(C)CC4)c(OC(=O)c4ccc(F)cc4)ccc3c2=O)cc1C. The number of halogens is 4. The minimum atomic E-state index is -5.06. The number of esters is 1. The molecule has 5 rings (SSSR count). The molecule has 0 bridgehead atoms. The van der Waals surface area contributed by atoms with Gasteiger partial charge in [0.1, 0.15) is 23.9 Å². The first-order chi connectivity index (χ1) is 19.9. The third-order valence-corrected chi connectivity index (χ3v) is 7.73. The van der Waals surface area contributed by atoms with Gasteiger partial charge in [0, 0.05) is 0 Å². The number of hydrogen-bond donors (Lipinski definition) is 1. The monoisotopic (exact) mass is 584 g/mol. The predicted octanol–water partition coefficient (Wildman–Crippen LogP) is 6.39. The normalized spacial score (nSPS) is 17.3. The highest BCUT2D eigenvalue weighted by molar-refractivity contribution is 5.92. The maximum Gasteiger partial charge on any atom is 0.453 e. The lowest BCUT2D eigenvalue weighted by Crippen LogP contribution is -3.11. The van der Waals surface area contributed by atoms with Gasteiger partial charge >= 0.3 is 12.1 Å². The van der Waals surface area contributed by atoms with Crippen LogP contribution in [0.25, 0.3) is 11.0 Å². The molecule has 0 saturated carbocycles. The summed E-state index contributed by atoms with van der Waals surface area (Å²) >= 11 is 0. The number of hydrogen-bond acceptors (Lipinski definition) is 5. The first-order valence-electron chi connectivity index (χ1n) is 13.7. The number of carbonyl (C=O) groups excluding carboxylic acids is 1. The molecule has 1 saturated heterocycles. The van der Waals surface area contributed by atoms with E-state index in [1.165, 1.54) is 30.3 Å². The number of likely N-dealkylation sites (tertiary alicyclic amines) is 1. The van der Waals surface area contributed by atoms with Crippen molar-refractivity contribution in [3.05, 3.63) is 98.7 Å². The molecule has 1 fully saturated rings. The summed E-state index contributed by atoms with van der Waals surface area (Å²) in [6, 6.07) is 12.0. The Morgan fingerprint density at radius 3 is 2.33 bits per heavy atom. The Kier molecular flexibility index (Phi) is 8.10. The van der Waals surface area contributed by atoms with Crippen molar-refractivity contribution in [3.63, 3.8) is 0 Å². The van der Waals surface area contributed by atoms with E-state index in [-0.39, 0.29) is 40.1 Å². The maximum atomic E-state index is 14.4. The third-order valence-electron chi connectivity index (χ3n) is 7.73. The first-order valence-corrected chi connectivity index (χ1v) is 13.7. The zero-order valence-corrected chi connectivity index (χ0v) is 23.4. The minimum absolute atomic E-state index is 0.0398. The molecule has 0 amide bonds. The molecule has 1 N–H and O–H groups in total. The van der Waals surface area contributed by atoms with E-state index in [1.54, 1.807) is 19.1 Å². The summed E-state index contributed by atoms with van der Waals surface area (Å²) in [4.78, 5) is 27.5. The minimum Gasteiger partial charge on any atom is -0.449 e. The van der Waals surface area contributed by atoms with Crippen molar-refractivity contribution in [2.45, 2.75) is 46.3 Å². The van der Waals surface area contributed by atoms with Crippen LogP contribution in [0.1, 0.15) is 52.6 Å². The first kappa shape index (κ1) is 29.3. The molecular weight excluding hydrogens is 554 g/mol. The van der Waals surface area contributed by atoms with Gasteiger partial charge in [-0.15, -0.1) is 0 Å². The molecule has 0 spiro atoms. The largest absolute Gasteiger partial charge is 0.453 e. The molecule has 10 heteroatoms. The van der Waals surface area contributed by atoms with Crippen molar-refractivity contribution in [1.29, 1.82) is 0 Å². The highest BCUT2D eigenvalue weighted by Crippen LogP contribution is 2.40. The van der Waals surface area contributed by atoms with Gasteiger partial charge in [0.25, 0.3) is 5.76 Å². The molecule has 6 nitrogen and oxygen atoms in total. The van der Waals surface area contributed by atoms with Crippen LogP contribution in [0.3, 0.4) is 0 Å². The molecule has 3 aromatic carbocycles. The number of fused-ring (bicyclic) bond motifs is 1. The molecule has 1 aromatic heterocycles. The van der Waals surface area contributed by atoms with E-state index in [4.69, 9.17) is 13.9 Å². The van der Waals surface area contributed by atoms with E-state index in [2.05, 4.69) is 6.92 Å². The zero-order chi connectivity index (χ0) is 30.2. The van der Waals surface area contributed by atoms with Crippen LogP contribution in [0.5, 0.6) is 17.2 Å². The summed E-state index contributed by atoms with van der Waals surface area (Å²) in [6.45, 7) is 7.41. The Labute approximate surface area is 239 Å². The van der Waals surface area contributed by atoms with Crippen molar-refractivity contribution in [2.24, 2.45) is 5.92 Å². The molecule has 0 aliphatic carbocycles. The molecular formula is C32H30F4NO5+. The topological polar surface area (TPSA) is 70.2 Å². The number of carbonyl (C=O) groups is 1. The van der Waals surface area contributed by atoms with E-state index in [0.717, 1.165) is 54.1 Å². The van der Waals surface area contributed by atoms with Crippen molar-refractivity contribution < 1.29 is 41.1 Å². The van der Waals surface area contributed by atoms with Gasteiger partial charge in [-0.25, -0.2) is 9.18 Å². The van der Waals surface area contributed by atoms with E-state index in [9.17, 15) is 27.2 Å². The summed E-state index contributed by atoms with van der Waals surface area (Å²) in [7, 11) is 0. The Bertz CT molecular complexity index is 1690. The maximum absolute atomic E-state index is 14.4. The van der Waals surface area contributed by atoms with Crippen molar-refractivity contribution in [1.82, 2.24) is 0 Å². The van der Waals surface area contributed by atoms with E-state index < -0.39 is 34.9 Å². The van der Waals surface area contributed by atoms with Gasteiger partial charge in [-0.3, -0.25) is 4.79 Å². The van der Waals surface area contributed by atoms with Crippen LogP contribution >= 0.6 is 0 Å². The molecule has 4 aromatic rings. The number of piperidine rings is 1. The van der Waals surface area contributed by atoms with Crippen LogP contribution in [-0.2, 0) is 12.7 Å². The van der Waals surface area contributed by atoms with Crippen LogP contribution in [-0.4, -0.2) is 19.1 Å². The summed E-state index contributed by atoms with van der Waals surface area (Å²) < 4.78 is 73.1. The summed E-state index contributed by atoms with van der Waals surface area (Å²) in [6.07, 6.45) is -3.24. The lowest BCUT2D eigenvalue weighted by atomic mass is 9.98. The summed E-state index contributed by atoms with van der Waals surface area (Å²) in [5, 5.41) is -0.136.